The smallest absolute Gasteiger partial charge is 0.407 e. The van der Waals surface area contributed by atoms with Gasteiger partial charge in [-0.05, 0) is 59.9 Å². The number of aromatic hydroxyl groups is 1. The summed E-state index contributed by atoms with van der Waals surface area (Å²) >= 11 is 0. The zero-order valence-corrected chi connectivity index (χ0v) is 20.6. The number of hydrogen-bond acceptors (Lipinski definition) is 4. The molecule has 0 fully saturated rings. The number of carbonyl (C=O) groups excluding carboxylic acids is 1. The number of alkyl carbamates (subject to hydrolysis) is 1. The van der Waals surface area contributed by atoms with Crippen molar-refractivity contribution in [2.45, 2.75) is 32.2 Å². The molecule has 1 unspecified atom stereocenters. The minimum atomic E-state index is -1.17. The Kier molecular flexibility index (Phi) is 6.44. The monoisotopic (exact) mass is 496 g/mol. The van der Waals surface area contributed by atoms with Gasteiger partial charge in [-0.15, -0.1) is 0 Å². The zero-order chi connectivity index (χ0) is 26.1. The molecule has 1 amide bonds. The highest BCUT2D eigenvalue weighted by Crippen LogP contribution is 2.44. The quantitative estimate of drug-likeness (QED) is 0.321. The Bertz CT molecular complexity index is 1440. The lowest BCUT2D eigenvalue weighted by Gasteiger charge is -2.18. The van der Waals surface area contributed by atoms with E-state index in [0.29, 0.717) is 5.69 Å². The molecule has 37 heavy (non-hydrogen) atoms. The lowest BCUT2D eigenvalue weighted by Crippen LogP contribution is -2.43. The van der Waals surface area contributed by atoms with Crippen molar-refractivity contribution in [1.82, 2.24) is 9.88 Å². The molecule has 1 aromatic heterocycles. The molecule has 0 radical (unpaired) electrons. The lowest BCUT2D eigenvalue weighted by molar-refractivity contribution is -0.139. The predicted molar refractivity (Wildman–Crippen MR) is 140 cm³/mol. The number of benzene rings is 3. The number of carbonyl (C=O) groups is 2. The van der Waals surface area contributed by atoms with E-state index in [0.717, 1.165) is 39.2 Å². The van der Waals surface area contributed by atoms with Crippen LogP contribution in [0.2, 0.25) is 0 Å². The van der Waals surface area contributed by atoms with Gasteiger partial charge in [0.05, 0.1) is 5.69 Å². The number of nitrogens with zero attached hydrogens (tertiary/aromatic N) is 1. The van der Waals surface area contributed by atoms with Crippen molar-refractivity contribution in [3.63, 3.8) is 0 Å². The number of phenols is 1. The Labute approximate surface area is 215 Å². The zero-order valence-electron chi connectivity index (χ0n) is 20.6. The summed E-state index contributed by atoms with van der Waals surface area (Å²) in [7, 11) is 0. The summed E-state index contributed by atoms with van der Waals surface area (Å²) in [6.45, 7) is 3.85. The fourth-order valence-corrected chi connectivity index (χ4v) is 5.26. The van der Waals surface area contributed by atoms with Crippen LogP contribution in [0, 0.1) is 13.8 Å². The number of para-hydroxylation sites is 2. The third-order valence-corrected chi connectivity index (χ3v) is 7.02. The third kappa shape index (κ3) is 4.56. The van der Waals surface area contributed by atoms with Crippen molar-refractivity contribution in [3.8, 4) is 22.6 Å². The first-order chi connectivity index (χ1) is 17.8. The van der Waals surface area contributed by atoms with Gasteiger partial charge >= 0.3 is 12.1 Å². The maximum Gasteiger partial charge on any atom is 0.407 e. The van der Waals surface area contributed by atoms with Gasteiger partial charge in [-0.1, -0.05) is 60.7 Å². The van der Waals surface area contributed by atoms with Crippen LogP contribution in [0.3, 0.4) is 0 Å². The molecule has 5 rings (SSSR count). The number of amides is 1. The van der Waals surface area contributed by atoms with Crippen LogP contribution in [0.4, 0.5) is 4.79 Å². The number of hydrogen-bond donors (Lipinski definition) is 3. The summed E-state index contributed by atoms with van der Waals surface area (Å²) in [5.74, 6) is -1.14. The Morgan fingerprint density at radius 3 is 2.16 bits per heavy atom. The highest BCUT2D eigenvalue weighted by atomic mass is 16.5. The molecule has 0 aliphatic heterocycles. The van der Waals surface area contributed by atoms with Crippen molar-refractivity contribution in [1.29, 1.82) is 0 Å². The summed E-state index contributed by atoms with van der Waals surface area (Å²) in [6.07, 6.45) is -0.698. The fraction of sp³-hybridized carbons (Fsp3) is 0.200. The van der Waals surface area contributed by atoms with Crippen LogP contribution < -0.4 is 5.32 Å². The van der Waals surface area contributed by atoms with Crippen molar-refractivity contribution < 1.29 is 24.5 Å². The summed E-state index contributed by atoms with van der Waals surface area (Å²) in [4.78, 5) is 24.8. The summed E-state index contributed by atoms with van der Waals surface area (Å²) < 4.78 is 7.42. The molecular formula is C30H28N2O5. The molecule has 0 saturated carbocycles. The van der Waals surface area contributed by atoms with Gasteiger partial charge in [0.25, 0.3) is 0 Å². The average molecular weight is 497 g/mol. The van der Waals surface area contributed by atoms with Gasteiger partial charge in [0.15, 0.2) is 0 Å². The van der Waals surface area contributed by atoms with E-state index in [2.05, 4.69) is 17.4 Å². The van der Waals surface area contributed by atoms with Gasteiger partial charge in [-0.3, -0.25) is 0 Å². The molecule has 4 aromatic rings. The predicted octanol–water partition coefficient (Wildman–Crippen LogP) is 5.33. The van der Waals surface area contributed by atoms with Gasteiger partial charge in [0.1, 0.15) is 18.4 Å². The number of phenolic OH excluding ortho intramolecular Hbond substituents is 1. The summed E-state index contributed by atoms with van der Waals surface area (Å²) in [5.41, 5.74) is 7.42. The minimum absolute atomic E-state index is 0.0762. The molecular weight excluding hydrogens is 468 g/mol. The first kappa shape index (κ1) is 24.2. The van der Waals surface area contributed by atoms with Gasteiger partial charge in [0, 0.05) is 23.7 Å². The number of rotatable bonds is 7. The Balaban J connectivity index is 1.29. The van der Waals surface area contributed by atoms with E-state index < -0.39 is 18.1 Å². The van der Waals surface area contributed by atoms with E-state index in [1.165, 1.54) is 0 Å². The normalized spacial score (nSPS) is 13.0. The number of fused-ring (bicyclic) bond motifs is 3. The highest BCUT2D eigenvalue weighted by Gasteiger charge is 2.30. The number of aromatic nitrogens is 1. The van der Waals surface area contributed by atoms with Crippen LogP contribution in [0.1, 0.15) is 34.0 Å². The van der Waals surface area contributed by atoms with Crippen LogP contribution in [0.25, 0.3) is 16.8 Å². The summed E-state index contributed by atoms with van der Waals surface area (Å²) in [5, 5.41) is 22.7. The maximum absolute atomic E-state index is 12.7. The standard InChI is InChI=1S/C30H28N2O5/c1-18-15-20(19(2)32(18)27-13-7-8-14-28(27)33)16-26(29(34)35)31-30(36)37-17-25-23-11-5-3-9-21(23)22-10-4-6-12-24(22)25/h3-15,25-26,33H,16-17H2,1-2H3,(H,31,36)(H,34,35). The topological polar surface area (TPSA) is 101 Å². The molecule has 7 nitrogen and oxygen atoms in total. The number of ether oxygens (including phenoxy) is 1. The number of nitrogens with one attached hydrogen (secondary N) is 1. The Morgan fingerprint density at radius 1 is 0.946 bits per heavy atom. The van der Waals surface area contributed by atoms with Crippen molar-refractivity contribution in [2.75, 3.05) is 6.61 Å². The molecule has 1 aliphatic carbocycles. The van der Waals surface area contributed by atoms with Crippen LogP contribution in [0.5, 0.6) is 5.75 Å². The summed E-state index contributed by atoms with van der Waals surface area (Å²) in [6, 6.07) is 23.7. The highest BCUT2D eigenvalue weighted by molar-refractivity contribution is 5.81. The van der Waals surface area contributed by atoms with Crippen molar-refractivity contribution >= 4 is 12.1 Å². The fourth-order valence-electron chi connectivity index (χ4n) is 5.26. The van der Waals surface area contributed by atoms with Gasteiger partial charge in [0.2, 0.25) is 0 Å². The SMILES string of the molecule is Cc1cc(CC(NC(=O)OCC2c3ccccc3-c3ccccc32)C(=O)O)c(C)n1-c1ccccc1O. The Morgan fingerprint density at radius 2 is 1.54 bits per heavy atom. The third-order valence-electron chi connectivity index (χ3n) is 7.02. The van der Waals surface area contributed by atoms with Crippen molar-refractivity contribution in [2.24, 2.45) is 0 Å². The number of aliphatic carboxylic acids is 1. The van der Waals surface area contributed by atoms with E-state index in [-0.39, 0.29) is 24.7 Å². The number of carboxylic acid groups (broad SMARTS) is 1. The van der Waals surface area contributed by atoms with Crippen molar-refractivity contribution in [3.05, 3.63) is 107 Å². The largest absolute Gasteiger partial charge is 0.506 e. The van der Waals surface area contributed by atoms with Crippen LogP contribution in [0.15, 0.2) is 78.9 Å². The molecule has 1 aliphatic rings. The average Bonchev–Trinajstić information content (AvgIpc) is 3.35. The van der Waals surface area contributed by atoms with Gasteiger partial charge < -0.3 is 24.8 Å². The van der Waals surface area contributed by atoms with Crippen LogP contribution in [-0.2, 0) is 16.0 Å². The molecule has 3 N–H and O–H groups in total. The minimum Gasteiger partial charge on any atom is -0.506 e. The van der Waals surface area contributed by atoms with Crippen LogP contribution >= 0.6 is 0 Å². The second kappa shape index (κ2) is 9.85. The molecule has 7 heteroatoms. The first-order valence-electron chi connectivity index (χ1n) is 12.2. The van der Waals surface area contributed by atoms with E-state index in [9.17, 15) is 19.8 Å². The molecule has 0 bridgehead atoms. The molecule has 1 heterocycles. The van der Waals surface area contributed by atoms with E-state index in [4.69, 9.17) is 4.74 Å². The number of aryl methyl sites for hydroxylation is 1. The molecule has 0 spiro atoms. The molecule has 0 saturated heterocycles. The van der Waals surface area contributed by atoms with Gasteiger partial charge in [-0.25, -0.2) is 9.59 Å². The van der Waals surface area contributed by atoms with Crippen LogP contribution in [-0.4, -0.2) is 39.5 Å². The van der Waals surface area contributed by atoms with Gasteiger partial charge in [-0.2, -0.15) is 0 Å². The number of carboxylic acids is 1. The maximum atomic E-state index is 12.7. The van der Waals surface area contributed by atoms with E-state index >= 15 is 0 Å². The molecule has 3 aromatic carbocycles. The Hall–Kier alpha value is -4.52. The lowest BCUT2D eigenvalue weighted by atomic mass is 9.98. The van der Waals surface area contributed by atoms with E-state index in [1.54, 1.807) is 18.2 Å². The molecule has 188 valence electrons. The second-order valence-corrected chi connectivity index (χ2v) is 9.29. The first-order valence-corrected chi connectivity index (χ1v) is 12.2. The molecule has 1 atom stereocenters. The van der Waals surface area contributed by atoms with E-state index in [1.807, 2.05) is 66.9 Å². The second-order valence-electron chi connectivity index (χ2n) is 9.29.